The maximum absolute atomic E-state index is 13.4. The zero-order valence-corrected chi connectivity index (χ0v) is 24.3. The highest BCUT2D eigenvalue weighted by atomic mass is 35.5. The van der Waals surface area contributed by atoms with Gasteiger partial charge in [0, 0.05) is 95.7 Å². The number of fused-ring (bicyclic) bond motifs is 1. The van der Waals surface area contributed by atoms with Gasteiger partial charge in [0.25, 0.3) is 5.91 Å². The van der Waals surface area contributed by atoms with E-state index in [1.54, 1.807) is 33.7 Å². The number of aromatic nitrogens is 2. The van der Waals surface area contributed by atoms with E-state index in [0.717, 1.165) is 50.4 Å². The fourth-order valence-electron chi connectivity index (χ4n) is 6.17. The van der Waals surface area contributed by atoms with Crippen molar-refractivity contribution in [2.45, 2.75) is 39.2 Å². The zero-order chi connectivity index (χ0) is 28.4. The summed E-state index contributed by atoms with van der Waals surface area (Å²) >= 11 is 6.41. The van der Waals surface area contributed by atoms with Crippen molar-refractivity contribution < 1.29 is 19.1 Å². The monoisotopic (exact) mass is 570 g/mol. The van der Waals surface area contributed by atoms with E-state index in [1.165, 1.54) is 0 Å². The molecule has 3 fully saturated rings. The van der Waals surface area contributed by atoms with Gasteiger partial charge in [0.15, 0.2) is 5.82 Å². The topological polar surface area (TPSA) is 91.2 Å². The van der Waals surface area contributed by atoms with E-state index in [4.69, 9.17) is 16.3 Å². The molecule has 2 aromatic rings. The van der Waals surface area contributed by atoms with E-state index in [2.05, 4.69) is 9.88 Å². The largest absolute Gasteiger partial charge is 0.446 e. The van der Waals surface area contributed by atoms with Gasteiger partial charge in [-0.1, -0.05) is 17.7 Å². The highest BCUT2D eigenvalue weighted by molar-refractivity contribution is 6.31. The molecule has 10 nitrogen and oxygen atoms in total. The Kier molecular flexibility index (Phi) is 8.65. The van der Waals surface area contributed by atoms with Gasteiger partial charge in [-0.25, -0.2) is 9.78 Å². The third-order valence-corrected chi connectivity index (χ3v) is 8.97. The number of hydrogen-bond acceptors (Lipinski definition) is 6. The first kappa shape index (κ1) is 28.4. The predicted molar refractivity (Wildman–Crippen MR) is 152 cm³/mol. The molecule has 5 rings (SSSR count). The van der Waals surface area contributed by atoms with Crippen LogP contribution in [-0.2, 0) is 16.6 Å². The highest BCUT2D eigenvalue weighted by Crippen LogP contribution is 2.32. The van der Waals surface area contributed by atoms with Crippen molar-refractivity contribution in [3.8, 4) is 0 Å². The molecule has 0 N–H and O–H groups in total. The number of benzene rings is 1. The number of nitrogens with zero attached hydrogens (tertiary/aromatic N) is 6. The number of amides is 3. The SMILES string of the molecule is CC(=O)N1CCC(OC(=O)N(CCCN2CC3CN(C(=O)c4nccn4C)CC3C2)c2ccc(C)c(Cl)c2)CC1. The molecule has 2 unspecified atom stereocenters. The molecule has 3 saturated heterocycles. The summed E-state index contributed by atoms with van der Waals surface area (Å²) in [6, 6.07) is 5.65. The molecule has 3 aliphatic heterocycles. The third-order valence-electron chi connectivity index (χ3n) is 8.56. The summed E-state index contributed by atoms with van der Waals surface area (Å²) in [5.41, 5.74) is 1.68. The molecule has 0 aliphatic carbocycles. The van der Waals surface area contributed by atoms with Gasteiger partial charge >= 0.3 is 6.09 Å². The van der Waals surface area contributed by atoms with Crippen LogP contribution < -0.4 is 4.90 Å². The predicted octanol–water partition coefficient (Wildman–Crippen LogP) is 3.43. The molecular formula is C29H39ClN6O4. The van der Waals surface area contributed by atoms with Crippen molar-refractivity contribution in [3.63, 3.8) is 0 Å². The second-order valence-corrected chi connectivity index (χ2v) is 11.8. The van der Waals surface area contributed by atoms with Gasteiger partial charge < -0.3 is 24.0 Å². The number of imidazole rings is 1. The first-order chi connectivity index (χ1) is 19.2. The van der Waals surface area contributed by atoms with Gasteiger partial charge in [0.2, 0.25) is 5.91 Å². The summed E-state index contributed by atoms with van der Waals surface area (Å²) in [6.45, 7) is 9.51. The van der Waals surface area contributed by atoms with Crippen molar-refractivity contribution >= 4 is 35.2 Å². The number of anilines is 1. The standard InChI is InChI=1S/C29H39ClN6O4/c1-20-5-6-24(15-26(20)30)36(29(39)40-25-7-12-34(13-8-25)21(2)37)11-4-10-33-16-22-18-35(19-23(22)17-33)28(38)27-31-9-14-32(27)3/h5-6,9,14-15,22-23,25H,4,7-8,10-13,16-19H2,1-3H3. The molecule has 2 atom stereocenters. The molecule has 40 heavy (non-hydrogen) atoms. The van der Waals surface area contributed by atoms with Crippen LogP contribution in [0.15, 0.2) is 30.6 Å². The average Bonchev–Trinajstić information content (AvgIpc) is 3.63. The van der Waals surface area contributed by atoms with Crippen LogP contribution in [0.5, 0.6) is 0 Å². The van der Waals surface area contributed by atoms with Crippen molar-refractivity contribution in [2.24, 2.45) is 18.9 Å². The Bertz CT molecular complexity index is 1230. The molecule has 0 saturated carbocycles. The van der Waals surface area contributed by atoms with Crippen molar-refractivity contribution in [2.75, 3.05) is 57.3 Å². The minimum atomic E-state index is -0.372. The molecule has 0 bridgehead atoms. The lowest BCUT2D eigenvalue weighted by Gasteiger charge is -2.32. The van der Waals surface area contributed by atoms with Crippen LogP contribution in [0.4, 0.5) is 10.5 Å². The minimum absolute atomic E-state index is 0.00586. The van der Waals surface area contributed by atoms with Gasteiger partial charge in [-0.2, -0.15) is 0 Å². The Hall–Kier alpha value is -3.11. The number of carbonyl (C=O) groups is 3. The minimum Gasteiger partial charge on any atom is -0.446 e. The summed E-state index contributed by atoms with van der Waals surface area (Å²) in [4.78, 5) is 50.0. The normalized spacial score (nSPS) is 21.5. The molecule has 0 spiro atoms. The molecular weight excluding hydrogens is 532 g/mol. The lowest BCUT2D eigenvalue weighted by Crippen LogP contribution is -2.43. The van der Waals surface area contributed by atoms with Crippen LogP contribution in [0.1, 0.15) is 42.4 Å². The summed E-state index contributed by atoms with van der Waals surface area (Å²) in [6.07, 6.45) is 4.95. The summed E-state index contributed by atoms with van der Waals surface area (Å²) in [5, 5.41) is 0.613. The quantitative estimate of drug-likeness (QED) is 0.506. The van der Waals surface area contributed by atoms with Crippen LogP contribution >= 0.6 is 11.6 Å². The van der Waals surface area contributed by atoms with Gasteiger partial charge in [0.1, 0.15) is 6.10 Å². The van der Waals surface area contributed by atoms with E-state index in [0.29, 0.717) is 55.2 Å². The molecule has 1 aromatic carbocycles. The first-order valence-corrected chi connectivity index (χ1v) is 14.6. The summed E-state index contributed by atoms with van der Waals surface area (Å²) in [5.74, 6) is 1.47. The Morgan fingerprint density at radius 3 is 2.38 bits per heavy atom. The number of rotatable bonds is 7. The second-order valence-electron chi connectivity index (χ2n) is 11.4. The summed E-state index contributed by atoms with van der Waals surface area (Å²) in [7, 11) is 1.85. The Morgan fingerprint density at radius 1 is 1.07 bits per heavy atom. The fourth-order valence-corrected chi connectivity index (χ4v) is 6.35. The van der Waals surface area contributed by atoms with Crippen LogP contribution in [0.3, 0.4) is 0 Å². The number of hydrogen-bond donors (Lipinski definition) is 0. The molecule has 0 radical (unpaired) electrons. The molecule has 11 heteroatoms. The van der Waals surface area contributed by atoms with Gasteiger partial charge in [-0.15, -0.1) is 0 Å². The van der Waals surface area contributed by atoms with Crippen LogP contribution in [0, 0.1) is 18.8 Å². The number of ether oxygens (including phenoxy) is 1. The van der Waals surface area contributed by atoms with E-state index in [-0.39, 0.29) is 24.0 Å². The van der Waals surface area contributed by atoms with E-state index >= 15 is 0 Å². The average molecular weight is 571 g/mol. The van der Waals surface area contributed by atoms with Crippen molar-refractivity contribution in [3.05, 3.63) is 47.0 Å². The number of aryl methyl sites for hydroxylation is 2. The molecule has 1 aromatic heterocycles. The van der Waals surface area contributed by atoms with Crippen LogP contribution in [-0.4, -0.2) is 101 Å². The van der Waals surface area contributed by atoms with E-state index in [1.807, 2.05) is 37.1 Å². The molecule has 4 heterocycles. The van der Waals surface area contributed by atoms with Crippen LogP contribution in [0.2, 0.25) is 5.02 Å². The van der Waals surface area contributed by atoms with Crippen molar-refractivity contribution in [1.82, 2.24) is 24.3 Å². The zero-order valence-electron chi connectivity index (χ0n) is 23.6. The summed E-state index contributed by atoms with van der Waals surface area (Å²) < 4.78 is 7.68. The molecule has 3 aliphatic rings. The molecule has 216 valence electrons. The van der Waals surface area contributed by atoms with Crippen LogP contribution in [0.25, 0.3) is 0 Å². The number of carbonyl (C=O) groups excluding carboxylic acids is 3. The highest BCUT2D eigenvalue weighted by Gasteiger charge is 2.42. The second kappa shape index (κ2) is 12.2. The smallest absolute Gasteiger partial charge is 0.414 e. The van der Waals surface area contributed by atoms with Gasteiger partial charge in [-0.05, 0) is 49.4 Å². The number of piperidine rings is 1. The van der Waals surface area contributed by atoms with E-state index in [9.17, 15) is 14.4 Å². The number of halogens is 1. The Labute approximate surface area is 240 Å². The van der Waals surface area contributed by atoms with Gasteiger partial charge in [0.05, 0.1) is 0 Å². The Morgan fingerprint density at radius 2 is 1.77 bits per heavy atom. The lowest BCUT2D eigenvalue weighted by atomic mass is 10.0. The maximum atomic E-state index is 13.4. The first-order valence-electron chi connectivity index (χ1n) is 14.2. The third kappa shape index (κ3) is 6.28. The van der Waals surface area contributed by atoms with Crippen molar-refractivity contribution in [1.29, 1.82) is 0 Å². The Balaban J connectivity index is 1.14. The molecule has 3 amide bonds. The van der Waals surface area contributed by atoms with Gasteiger partial charge in [-0.3, -0.25) is 14.5 Å². The number of likely N-dealkylation sites (tertiary alicyclic amines) is 3. The lowest BCUT2D eigenvalue weighted by molar-refractivity contribution is -0.130. The van der Waals surface area contributed by atoms with E-state index < -0.39 is 0 Å². The fraction of sp³-hybridized carbons (Fsp3) is 0.586. The maximum Gasteiger partial charge on any atom is 0.414 e.